The number of amides is 1. The summed E-state index contributed by atoms with van der Waals surface area (Å²) < 4.78 is 4.91. The van der Waals surface area contributed by atoms with Gasteiger partial charge in [0.1, 0.15) is 0 Å². The van der Waals surface area contributed by atoms with Gasteiger partial charge >= 0.3 is 0 Å². The van der Waals surface area contributed by atoms with Gasteiger partial charge in [0.25, 0.3) is 0 Å². The summed E-state index contributed by atoms with van der Waals surface area (Å²) in [6, 6.07) is 10.2. The van der Waals surface area contributed by atoms with Gasteiger partial charge in [-0.2, -0.15) is 4.98 Å². The second-order valence-corrected chi connectivity index (χ2v) is 6.56. The zero-order valence-corrected chi connectivity index (χ0v) is 13.4. The van der Waals surface area contributed by atoms with Crippen LogP contribution in [0.15, 0.2) is 34.9 Å². The average Bonchev–Trinajstić information content (AvgIpc) is 2.89. The minimum atomic E-state index is -0.165. The Labute approximate surface area is 133 Å². The molecule has 1 N–H and O–H groups in total. The normalized spacial score (nSPS) is 16.0. The maximum Gasteiger partial charge on any atom is 0.230 e. The summed E-state index contributed by atoms with van der Waals surface area (Å²) in [6.07, 6.45) is 3.18. The van der Waals surface area contributed by atoms with Crippen molar-refractivity contribution in [2.24, 2.45) is 0 Å². The highest BCUT2D eigenvalue weighted by Gasteiger charge is 2.39. The fourth-order valence-corrected chi connectivity index (χ4v) is 3.37. The van der Waals surface area contributed by atoms with Crippen molar-refractivity contribution in [3.63, 3.8) is 0 Å². The lowest BCUT2D eigenvalue weighted by molar-refractivity contribution is -0.121. The number of carbonyl (C=O) groups is 1. The molecule has 1 amide bonds. The van der Waals surface area contributed by atoms with E-state index in [-0.39, 0.29) is 11.4 Å². The van der Waals surface area contributed by atoms with E-state index in [4.69, 9.17) is 4.52 Å². The summed E-state index contributed by atoms with van der Waals surface area (Å²) in [6.45, 7) is 1.76. The van der Waals surface area contributed by atoms with Crippen LogP contribution >= 0.6 is 11.8 Å². The van der Waals surface area contributed by atoms with Crippen LogP contribution in [0, 0.1) is 6.92 Å². The predicted molar refractivity (Wildman–Crippen MR) is 85.3 cm³/mol. The van der Waals surface area contributed by atoms with Crippen LogP contribution < -0.4 is 5.32 Å². The van der Waals surface area contributed by atoms with Crippen LogP contribution in [0.3, 0.4) is 0 Å². The fourth-order valence-electron chi connectivity index (χ4n) is 2.71. The van der Waals surface area contributed by atoms with E-state index >= 15 is 0 Å². The molecule has 0 saturated heterocycles. The lowest BCUT2D eigenvalue weighted by atomic mass is 9.72. The Balaban J connectivity index is 1.52. The van der Waals surface area contributed by atoms with Gasteiger partial charge in [-0.05, 0) is 24.8 Å². The van der Waals surface area contributed by atoms with Gasteiger partial charge < -0.3 is 9.84 Å². The van der Waals surface area contributed by atoms with Gasteiger partial charge in [-0.25, -0.2) is 0 Å². The molecule has 1 aromatic carbocycles. The van der Waals surface area contributed by atoms with Gasteiger partial charge in [0.15, 0.2) is 5.82 Å². The van der Waals surface area contributed by atoms with E-state index in [1.54, 1.807) is 6.92 Å². The van der Waals surface area contributed by atoms with E-state index < -0.39 is 0 Å². The number of hydrogen-bond donors (Lipinski definition) is 1. The van der Waals surface area contributed by atoms with Crippen LogP contribution in [0.2, 0.25) is 0 Å². The van der Waals surface area contributed by atoms with E-state index in [1.165, 1.54) is 17.3 Å². The topological polar surface area (TPSA) is 68.0 Å². The van der Waals surface area contributed by atoms with E-state index in [9.17, 15) is 4.79 Å². The minimum Gasteiger partial charge on any atom is -0.346 e. The third-order valence-electron chi connectivity index (χ3n) is 3.95. The van der Waals surface area contributed by atoms with Crippen molar-refractivity contribution in [1.82, 2.24) is 15.5 Å². The number of benzene rings is 1. The van der Waals surface area contributed by atoms with Gasteiger partial charge in [0.2, 0.25) is 11.8 Å². The smallest absolute Gasteiger partial charge is 0.230 e. The van der Waals surface area contributed by atoms with Crippen molar-refractivity contribution in [2.45, 2.75) is 37.5 Å². The van der Waals surface area contributed by atoms with Crippen LogP contribution in [0.25, 0.3) is 0 Å². The Morgan fingerprint density at radius 3 is 2.73 bits per heavy atom. The summed E-state index contributed by atoms with van der Waals surface area (Å²) in [7, 11) is 0. The highest BCUT2D eigenvalue weighted by molar-refractivity contribution is 7.99. The van der Waals surface area contributed by atoms with Crippen LogP contribution in [0.4, 0.5) is 0 Å². The molecule has 1 fully saturated rings. The number of rotatable bonds is 6. The number of aromatic nitrogens is 2. The first-order chi connectivity index (χ1) is 10.7. The monoisotopic (exact) mass is 317 g/mol. The molecule has 3 rings (SSSR count). The molecule has 0 atom stereocenters. The molecule has 1 heterocycles. The molecule has 1 aromatic heterocycles. The van der Waals surface area contributed by atoms with Crippen molar-refractivity contribution in [2.75, 3.05) is 5.75 Å². The molecule has 1 saturated carbocycles. The number of hydrogen-bond acceptors (Lipinski definition) is 5. The molecule has 1 aliphatic rings. The van der Waals surface area contributed by atoms with Gasteiger partial charge in [-0.3, -0.25) is 4.79 Å². The second kappa shape index (κ2) is 6.52. The second-order valence-electron chi connectivity index (χ2n) is 5.57. The fraction of sp³-hybridized carbons (Fsp3) is 0.438. The zero-order valence-electron chi connectivity index (χ0n) is 12.5. The van der Waals surface area contributed by atoms with Crippen molar-refractivity contribution >= 4 is 17.7 Å². The minimum absolute atomic E-state index is 0.0637. The summed E-state index contributed by atoms with van der Waals surface area (Å²) in [5, 5.41) is 7.04. The Kier molecular flexibility index (Phi) is 4.47. The number of aryl methyl sites for hydroxylation is 1. The first-order valence-electron chi connectivity index (χ1n) is 7.41. The quantitative estimate of drug-likeness (QED) is 0.887. The maximum absolute atomic E-state index is 12.2. The summed E-state index contributed by atoms with van der Waals surface area (Å²) in [4.78, 5) is 16.4. The van der Waals surface area contributed by atoms with Gasteiger partial charge in [0.05, 0.1) is 17.0 Å². The highest BCUT2D eigenvalue weighted by Crippen LogP contribution is 2.41. The van der Waals surface area contributed by atoms with Crippen molar-refractivity contribution in [1.29, 1.82) is 0 Å². The van der Waals surface area contributed by atoms with Crippen molar-refractivity contribution in [3.05, 3.63) is 47.6 Å². The Morgan fingerprint density at radius 1 is 1.36 bits per heavy atom. The number of nitrogens with zero attached hydrogens (tertiary/aromatic N) is 2. The summed E-state index contributed by atoms with van der Waals surface area (Å²) in [5.41, 5.74) is 1.04. The largest absolute Gasteiger partial charge is 0.346 e. The van der Waals surface area contributed by atoms with E-state index in [0.717, 1.165) is 19.3 Å². The van der Waals surface area contributed by atoms with Gasteiger partial charge in [0, 0.05) is 6.92 Å². The lowest BCUT2D eigenvalue weighted by Crippen LogP contribution is -2.51. The molecule has 0 spiro atoms. The molecule has 0 unspecified atom stereocenters. The predicted octanol–water partition coefficient (Wildman–Crippen LogP) is 2.81. The molecule has 2 aromatic rings. The maximum atomic E-state index is 12.2. The Hall–Kier alpha value is -1.82. The highest BCUT2D eigenvalue weighted by atomic mass is 32.2. The standard InChI is InChI=1S/C16H19N3O2S/c1-12-17-14(19-21-12)10-22-11-15(20)18-16(8-5-9-16)13-6-3-2-4-7-13/h2-4,6-7H,5,8-11H2,1H3,(H,18,20). The third-order valence-corrected chi connectivity index (χ3v) is 4.87. The molecule has 1 aliphatic carbocycles. The van der Waals surface area contributed by atoms with Crippen LogP contribution in [0.1, 0.15) is 36.5 Å². The first-order valence-corrected chi connectivity index (χ1v) is 8.57. The molecule has 116 valence electrons. The molecule has 5 nitrogen and oxygen atoms in total. The average molecular weight is 317 g/mol. The number of thioether (sulfide) groups is 1. The molecular formula is C16H19N3O2S. The van der Waals surface area contributed by atoms with Crippen LogP contribution in [-0.2, 0) is 16.1 Å². The van der Waals surface area contributed by atoms with Crippen LogP contribution in [-0.4, -0.2) is 21.8 Å². The van der Waals surface area contributed by atoms with Crippen molar-refractivity contribution < 1.29 is 9.32 Å². The Bertz CT molecular complexity index is 638. The van der Waals surface area contributed by atoms with E-state index in [2.05, 4.69) is 27.6 Å². The number of carbonyl (C=O) groups excluding carboxylic acids is 1. The molecule has 22 heavy (non-hydrogen) atoms. The number of nitrogens with one attached hydrogen (secondary N) is 1. The molecule has 0 bridgehead atoms. The summed E-state index contributed by atoms with van der Waals surface area (Å²) in [5.74, 6) is 2.24. The Morgan fingerprint density at radius 2 is 2.14 bits per heavy atom. The zero-order chi connectivity index (χ0) is 15.4. The van der Waals surface area contributed by atoms with Crippen molar-refractivity contribution in [3.8, 4) is 0 Å². The van der Waals surface area contributed by atoms with Gasteiger partial charge in [-0.15, -0.1) is 11.8 Å². The SMILES string of the molecule is Cc1nc(CSCC(=O)NC2(c3ccccc3)CCC2)no1. The summed E-state index contributed by atoms with van der Waals surface area (Å²) >= 11 is 1.50. The van der Waals surface area contributed by atoms with Gasteiger partial charge in [-0.1, -0.05) is 35.5 Å². The van der Waals surface area contributed by atoms with E-state index in [1.807, 2.05) is 18.2 Å². The third kappa shape index (κ3) is 3.32. The first kappa shape index (κ1) is 15.1. The van der Waals surface area contributed by atoms with E-state index in [0.29, 0.717) is 23.2 Å². The lowest BCUT2D eigenvalue weighted by Gasteiger charge is -2.43. The molecule has 0 aliphatic heterocycles. The molecule has 0 radical (unpaired) electrons. The molecular weight excluding hydrogens is 298 g/mol. The van der Waals surface area contributed by atoms with Crippen LogP contribution in [0.5, 0.6) is 0 Å². The molecule has 6 heteroatoms.